The molecule has 0 aliphatic heterocycles. The maximum atomic E-state index is 3.59. The van der Waals surface area contributed by atoms with Crippen LogP contribution in [0.2, 0.25) is 0 Å². The standard InChI is InChI=1S/C74H126N2/c1-9-29-53(30-10-1)57-49-67(71(55-33-13-3-14-34-55)69(51-57)75(59-37-17-5-18-38-59)60-39-19-6-20-40-60)73-63-45-25-27-47-65(63)74(66-48-28-26-46-64(66)73)68-50-58(54-31-11-2-12-32-54)52-70(72(68)56-35-15-4-16-36-56)76(61-41-21-7-22-42-61)62-43-23-8-24-44-62/h53-74H,1-52H2. The van der Waals surface area contributed by atoms with Crippen molar-refractivity contribution in [3.8, 4) is 0 Å². The minimum atomic E-state index is 0.911. The first-order valence-electron chi connectivity index (χ1n) is 37.3. The highest BCUT2D eigenvalue weighted by atomic mass is 15.2. The minimum absolute atomic E-state index is 0.911. The summed E-state index contributed by atoms with van der Waals surface area (Å²) in [5.41, 5.74) is 0. The van der Waals surface area contributed by atoms with Crippen LogP contribution in [0.25, 0.3) is 0 Å². The summed E-state index contributed by atoms with van der Waals surface area (Å²) in [6, 6.07) is 5.48. The Morgan fingerprint density at radius 3 is 0.645 bits per heavy atom. The zero-order valence-electron chi connectivity index (χ0n) is 50.4. The van der Waals surface area contributed by atoms with Crippen molar-refractivity contribution in [2.75, 3.05) is 0 Å². The van der Waals surface area contributed by atoms with Crippen LogP contribution >= 0.6 is 0 Å². The van der Waals surface area contributed by atoms with Crippen LogP contribution < -0.4 is 0 Å². The molecular formula is C74H126N2. The first-order chi connectivity index (χ1) is 37.8. The summed E-state index contributed by atoms with van der Waals surface area (Å²) in [5, 5.41) is 0. The molecule has 0 amide bonds. The predicted molar refractivity (Wildman–Crippen MR) is 322 cm³/mol. The minimum Gasteiger partial charge on any atom is -0.294 e. The van der Waals surface area contributed by atoms with Gasteiger partial charge < -0.3 is 0 Å². The van der Waals surface area contributed by atoms with Gasteiger partial charge >= 0.3 is 0 Å². The molecule has 0 spiro atoms. The van der Waals surface area contributed by atoms with Crippen molar-refractivity contribution in [1.82, 2.24) is 9.80 Å². The molecular weight excluding hydrogens is 917 g/mol. The van der Waals surface area contributed by atoms with Gasteiger partial charge in [0.2, 0.25) is 0 Å². The van der Waals surface area contributed by atoms with Crippen LogP contribution in [-0.2, 0) is 0 Å². The molecule has 0 aromatic heterocycles. The van der Waals surface area contributed by atoms with Gasteiger partial charge in [0.1, 0.15) is 0 Å². The largest absolute Gasteiger partial charge is 0.294 e. The molecule has 13 rings (SSSR count). The van der Waals surface area contributed by atoms with Crippen molar-refractivity contribution >= 4 is 0 Å². The third-order valence-corrected chi connectivity index (χ3v) is 28.6. The monoisotopic (exact) mass is 1040 g/mol. The Morgan fingerprint density at radius 1 is 0.158 bits per heavy atom. The highest BCUT2D eigenvalue weighted by Crippen LogP contribution is 2.67. The van der Waals surface area contributed by atoms with Gasteiger partial charge in [-0.25, -0.2) is 0 Å². The molecule has 13 saturated carbocycles. The molecule has 0 aromatic carbocycles. The zero-order valence-corrected chi connectivity index (χ0v) is 50.4. The van der Waals surface area contributed by atoms with Gasteiger partial charge in [-0.3, -0.25) is 9.80 Å². The Hall–Kier alpha value is -0.0800. The van der Waals surface area contributed by atoms with Gasteiger partial charge in [0.05, 0.1) is 0 Å². The molecule has 12 atom stereocenters. The average molecular weight is 1040 g/mol. The summed E-state index contributed by atoms with van der Waals surface area (Å²) in [6.45, 7) is 0. The van der Waals surface area contributed by atoms with Crippen LogP contribution in [0, 0.1) is 94.7 Å². The quantitative estimate of drug-likeness (QED) is 0.192. The van der Waals surface area contributed by atoms with E-state index in [-0.39, 0.29) is 0 Å². The lowest BCUT2D eigenvalue weighted by atomic mass is 9.41. The van der Waals surface area contributed by atoms with E-state index in [9.17, 15) is 0 Å². The predicted octanol–water partition coefficient (Wildman–Crippen LogP) is 21.1. The molecule has 0 radical (unpaired) electrons. The normalized spacial score (nSPS) is 42.7. The van der Waals surface area contributed by atoms with E-state index in [2.05, 4.69) is 9.80 Å². The maximum Gasteiger partial charge on any atom is 0.0137 e. The van der Waals surface area contributed by atoms with Gasteiger partial charge in [-0.2, -0.15) is 0 Å². The molecule has 0 heterocycles. The average Bonchev–Trinajstić information content (AvgIpc) is 3.54. The number of hydrogen-bond acceptors (Lipinski definition) is 2. The van der Waals surface area contributed by atoms with Crippen LogP contribution in [0.4, 0.5) is 0 Å². The lowest BCUT2D eigenvalue weighted by Gasteiger charge is -2.66. The van der Waals surface area contributed by atoms with Gasteiger partial charge in [-0.05, 0) is 197 Å². The third kappa shape index (κ3) is 11.9. The summed E-state index contributed by atoms with van der Waals surface area (Å²) in [4.78, 5) is 7.18. The molecule has 13 aliphatic rings. The van der Waals surface area contributed by atoms with Crippen molar-refractivity contribution in [2.45, 2.75) is 370 Å². The molecule has 0 saturated heterocycles. The number of hydrogen-bond donors (Lipinski definition) is 0. The highest BCUT2D eigenvalue weighted by Gasteiger charge is 2.62. The fraction of sp³-hybridized carbons (Fsp3) is 1.00. The number of nitrogens with zero attached hydrogens (tertiary/aromatic N) is 2. The number of fused-ring (bicyclic) bond motifs is 2. The van der Waals surface area contributed by atoms with Gasteiger partial charge in [-0.15, -0.1) is 0 Å². The summed E-state index contributed by atoms with van der Waals surface area (Å²) in [5.74, 6) is 16.7. The Kier molecular flexibility index (Phi) is 19.3. The summed E-state index contributed by atoms with van der Waals surface area (Å²) >= 11 is 0. The fourth-order valence-electron chi connectivity index (χ4n) is 25.9. The van der Waals surface area contributed by atoms with Gasteiger partial charge in [-0.1, -0.05) is 231 Å². The molecule has 2 nitrogen and oxygen atoms in total. The Bertz CT molecular complexity index is 1510. The van der Waals surface area contributed by atoms with E-state index in [4.69, 9.17) is 0 Å². The summed E-state index contributed by atoms with van der Waals surface area (Å²) in [6.07, 6.45) is 82.0. The van der Waals surface area contributed by atoms with Crippen molar-refractivity contribution in [1.29, 1.82) is 0 Å². The van der Waals surface area contributed by atoms with Crippen molar-refractivity contribution in [3.63, 3.8) is 0 Å². The van der Waals surface area contributed by atoms with Crippen LogP contribution in [0.1, 0.15) is 334 Å². The maximum absolute atomic E-state index is 3.59. The molecule has 13 fully saturated rings. The first-order valence-corrected chi connectivity index (χ1v) is 37.3. The van der Waals surface area contributed by atoms with E-state index in [0.717, 1.165) is 131 Å². The topological polar surface area (TPSA) is 6.48 Å². The second-order valence-electron chi connectivity index (χ2n) is 32.1. The third-order valence-electron chi connectivity index (χ3n) is 28.6. The molecule has 12 unspecified atom stereocenters. The smallest absolute Gasteiger partial charge is 0.0137 e. The molecule has 13 aliphatic carbocycles. The molecule has 2 heteroatoms. The Balaban J connectivity index is 0.922. The van der Waals surface area contributed by atoms with E-state index in [1.807, 2.05) is 0 Å². The summed E-state index contributed by atoms with van der Waals surface area (Å²) < 4.78 is 0. The van der Waals surface area contributed by atoms with E-state index >= 15 is 0 Å². The van der Waals surface area contributed by atoms with Gasteiger partial charge in [0.25, 0.3) is 0 Å². The fourth-order valence-corrected chi connectivity index (χ4v) is 25.9. The number of rotatable bonds is 12. The van der Waals surface area contributed by atoms with E-state index in [1.54, 1.807) is 257 Å². The summed E-state index contributed by atoms with van der Waals surface area (Å²) in [7, 11) is 0. The van der Waals surface area contributed by atoms with E-state index < -0.39 is 0 Å². The van der Waals surface area contributed by atoms with Crippen molar-refractivity contribution < 1.29 is 0 Å². The Labute approximate surface area is 472 Å². The lowest BCUT2D eigenvalue weighted by Crippen LogP contribution is -2.63. The second-order valence-corrected chi connectivity index (χ2v) is 32.1. The molecule has 0 aromatic rings. The van der Waals surface area contributed by atoms with Crippen molar-refractivity contribution in [3.05, 3.63) is 0 Å². The van der Waals surface area contributed by atoms with E-state index in [1.165, 1.54) is 77.0 Å². The molecule has 76 heavy (non-hydrogen) atoms. The zero-order chi connectivity index (χ0) is 50.6. The highest BCUT2D eigenvalue weighted by molar-refractivity contribution is 5.12. The molecule has 0 N–H and O–H groups in total. The van der Waals surface area contributed by atoms with Crippen LogP contribution in [0.5, 0.6) is 0 Å². The Morgan fingerprint density at radius 2 is 0.382 bits per heavy atom. The van der Waals surface area contributed by atoms with Crippen LogP contribution in [0.15, 0.2) is 0 Å². The van der Waals surface area contributed by atoms with E-state index in [0.29, 0.717) is 0 Å². The first kappa shape index (κ1) is 55.1. The molecule has 432 valence electrons. The lowest BCUT2D eigenvalue weighted by molar-refractivity contribution is -0.169. The van der Waals surface area contributed by atoms with Crippen LogP contribution in [-0.4, -0.2) is 46.1 Å². The van der Waals surface area contributed by atoms with Gasteiger partial charge in [0, 0.05) is 36.3 Å². The SMILES string of the molecule is C1CCC(C2CC(C3C4CCCCC4C(C4CC(C5CCCCC5)CC(N(C5CCCCC5)C5CCCCC5)C4C4CCCCC4)C4CCCCC43)C(C3CCCCC3)C(N(C3CCCCC3)C3CCCCC3)C2)CC1. The second kappa shape index (κ2) is 26.7. The van der Waals surface area contributed by atoms with Crippen LogP contribution in [0.3, 0.4) is 0 Å². The van der Waals surface area contributed by atoms with Crippen molar-refractivity contribution in [2.24, 2.45) is 94.7 Å². The van der Waals surface area contributed by atoms with Gasteiger partial charge in [0.15, 0.2) is 0 Å². The molecule has 0 bridgehead atoms.